The highest BCUT2D eigenvalue weighted by atomic mass is 32.3. The maximum absolute atomic E-state index is 12.7. The Morgan fingerprint density at radius 1 is 1.26 bits per heavy atom. The van der Waals surface area contributed by atoms with Crippen LogP contribution in [0.5, 0.6) is 0 Å². The van der Waals surface area contributed by atoms with Gasteiger partial charge >= 0.3 is 0 Å². The van der Waals surface area contributed by atoms with Gasteiger partial charge in [-0.3, -0.25) is 18.9 Å². The number of nitrogens with zero attached hydrogens (tertiary/aromatic N) is 2. The fourth-order valence-electron chi connectivity index (χ4n) is 2.55. The van der Waals surface area contributed by atoms with E-state index in [4.69, 9.17) is 0 Å². The number of hydrogen-bond acceptors (Lipinski definition) is 4. The Morgan fingerprint density at radius 3 is 2.83 bits per heavy atom. The van der Waals surface area contributed by atoms with Crippen molar-refractivity contribution in [3.8, 4) is 0 Å². The van der Waals surface area contributed by atoms with E-state index in [2.05, 4.69) is 4.98 Å². The molecule has 1 amide bonds. The molecule has 0 fully saturated rings. The maximum atomic E-state index is 12.7. The first-order chi connectivity index (χ1) is 11.0. The van der Waals surface area contributed by atoms with Crippen molar-refractivity contribution in [2.24, 2.45) is 0 Å². The summed E-state index contributed by atoms with van der Waals surface area (Å²) in [5.74, 6) is -0.132. The molecule has 0 aliphatic carbocycles. The van der Waals surface area contributed by atoms with Gasteiger partial charge in [-0.25, -0.2) is 0 Å². The number of rotatable bonds is 4. The van der Waals surface area contributed by atoms with Gasteiger partial charge in [0.1, 0.15) is 0 Å². The number of fused-ring (bicyclic) bond motifs is 1. The van der Waals surface area contributed by atoms with Crippen LogP contribution in [0.15, 0.2) is 53.0 Å². The lowest BCUT2D eigenvalue weighted by atomic mass is 10.1. The van der Waals surface area contributed by atoms with Crippen LogP contribution >= 0.6 is 10.6 Å². The Bertz CT molecular complexity index is 760. The van der Waals surface area contributed by atoms with Gasteiger partial charge in [-0.1, -0.05) is 12.1 Å². The van der Waals surface area contributed by atoms with E-state index in [0.717, 1.165) is 12.0 Å². The minimum Gasteiger partial charge on any atom is -0.341 e. The number of carbonyl (C=O) groups excluding carboxylic acids is 1. The van der Waals surface area contributed by atoms with Gasteiger partial charge < -0.3 is 4.90 Å². The molecule has 0 radical (unpaired) electrons. The summed E-state index contributed by atoms with van der Waals surface area (Å²) in [6.07, 6.45) is 5.84. The van der Waals surface area contributed by atoms with Gasteiger partial charge in [0.15, 0.2) is 0 Å². The molecule has 3 rings (SSSR count). The van der Waals surface area contributed by atoms with Crippen molar-refractivity contribution in [3.63, 3.8) is 0 Å². The number of benzene rings is 1. The average Bonchev–Trinajstić information content (AvgIpc) is 2.88. The monoisotopic (exact) mass is 330 g/mol. The molecule has 23 heavy (non-hydrogen) atoms. The Hall–Kier alpha value is -2.15. The molecular weight excluding hydrogens is 312 g/mol. The van der Waals surface area contributed by atoms with E-state index in [1.165, 1.54) is 5.41 Å². The van der Waals surface area contributed by atoms with Crippen molar-refractivity contribution in [1.29, 1.82) is 0 Å². The molecule has 6 heteroatoms. The van der Waals surface area contributed by atoms with Crippen LogP contribution in [-0.2, 0) is 6.42 Å². The lowest BCUT2D eigenvalue weighted by Crippen LogP contribution is -2.29. The number of aromatic nitrogens is 1. The van der Waals surface area contributed by atoms with Crippen molar-refractivity contribution in [2.45, 2.75) is 11.3 Å². The van der Waals surface area contributed by atoms with Crippen molar-refractivity contribution >= 4 is 22.6 Å². The lowest BCUT2D eigenvalue weighted by Gasteiger charge is -2.26. The van der Waals surface area contributed by atoms with Crippen molar-refractivity contribution < 1.29 is 13.9 Å². The van der Waals surface area contributed by atoms with Crippen LogP contribution in [-0.4, -0.2) is 38.5 Å². The zero-order valence-corrected chi connectivity index (χ0v) is 13.5. The van der Waals surface area contributed by atoms with Gasteiger partial charge in [0.25, 0.3) is 5.91 Å². The van der Waals surface area contributed by atoms with Crippen LogP contribution in [0, 0.1) is 0 Å². The lowest BCUT2D eigenvalue weighted by molar-refractivity contribution is 0.0796. The molecule has 0 saturated carbocycles. The third-order valence-corrected chi connectivity index (χ3v) is 5.37. The highest BCUT2D eigenvalue weighted by Gasteiger charge is 2.26. The zero-order valence-electron chi connectivity index (χ0n) is 12.7. The number of pyridine rings is 1. The van der Waals surface area contributed by atoms with Gasteiger partial charge in [-0.15, -0.1) is 10.6 Å². The molecular formula is C17H18N2O3S. The molecule has 1 aliphatic rings. The Kier molecular flexibility index (Phi) is 4.21. The molecule has 0 spiro atoms. The van der Waals surface area contributed by atoms with Crippen LogP contribution in [0.1, 0.15) is 21.5 Å². The molecule has 1 aromatic heterocycles. The summed E-state index contributed by atoms with van der Waals surface area (Å²) in [7, 11) is -1.16. The van der Waals surface area contributed by atoms with Crippen LogP contribution in [0.25, 0.3) is 6.08 Å². The minimum atomic E-state index is -2.90. The van der Waals surface area contributed by atoms with Crippen LogP contribution < -0.4 is 0 Å². The van der Waals surface area contributed by atoms with Gasteiger partial charge in [0, 0.05) is 42.5 Å². The SMILES string of the molecule is CN(CCc1cccnc1)C(=O)c1cccc2c1C=CS2(O)O. The first kappa shape index (κ1) is 15.7. The maximum Gasteiger partial charge on any atom is 0.254 e. The van der Waals surface area contributed by atoms with Gasteiger partial charge in [0.05, 0.1) is 4.90 Å². The summed E-state index contributed by atoms with van der Waals surface area (Å²) in [5, 5.41) is 1.37. The summed E-state index contributed by atoms with van der Waals surface area (Å²) < 4.78 is 19.9. The minimum absolute atomic E-state index is 0.132. The molecule has 5 nitrogen and oxygen atoms in total. The second-order valence-electron chi connectivity index (χ2n) is 5.45. The van der Waals surface area contributed by atoms with E-state index in [1.807, 2.05) is 12.1 Å². The quantitative estimate of drug-likeness (QED) is 0.900. The predicted molar refractivity (Wildman–Crippen MR) is 91.5 cm³/mol. The predicted octanol–water partition coefficient (Wildman–Crippen LogP) is 3.49. The summed E-state index contributed by atoms with van der Waals surface area (Å²) >= 11 is 0. The van der Waals surface area contributed by atoms with Crippen molar-refractivity contribution in [3.05, 3.63) is 64.8 Å². The van der Waals surface area contributed by atoms with Crippen molar-refractivity contribution in [2.75, 3.05) is 13.6 Å². The highest BCUT2D eigenvalue weighted by Crippen LogP contribution is 2.56. The fraction of sp³-hybridized carbons (Fsp3) is 0.176. The van der Waals surface area contributed by atoms with Crippen LogP contribution in [0.3, 0.4) is 0 Å². The van der Waals surface area contributed by atoms with E-state index >= 15 is 0 Å². The summed E-state index contributed by atoms with van der Waals surface area (Å²) in [6.45, 7) is 0.564. The molecule has 1 aromatic carbocycles. The van der Waals surface area contributed by atoms with Crippen LogP contribution in [0.4, 0.5) is 0 Å². The molecule has 120 valence electrons. The van der Waals surface area contributed by atoms with E-state index in [9.17, 15) is 13.9 Å². The number of carbonyl (C=O) groups is 1. The average molecular weight is 330 g/mol. The summed E-state index contributed by atoms with van der Waals surface area (Å²) in [6, 6.07) is 8.90. The first-order valence-electron chi connectivity index (χ1n) is 7.23. The number of likely N-dealkylation sites (N-methyl/N-ethyl adjacent to an activating group) is 1. The summed E-state index contributed by atoms with van der Waals surface area (Å²) in [4.78, 5) is 18.8. The second-order valence-corrected chi connectivity index (χ2v) is 7.35. The molecule has 2 N–H and O–H groups in total. The molecule has 0 saturated heterocycles. The van der Waals surface area contributed by atoms with E-state index in [-0.39, 0.29) is 5.91 Å². The third kappa shape index (κ3) is 3.14. The van der Waals surface area contributed by atoms with Gasteiger partial charge in [-0.2, -0.15) is 0 Å². The Morgan fingerprint density at radius 2 is 2.09 bits per heavy atom. The van der Waals surface area contributed by atoms with E-state index in [0.29, 0.717) is 22.6 Å². The zero-order chi connectivity index (χ0) is 16.4. The van der Waals surface area contributed by atoms with E-state index < -0.39 is 10.6 Å². The largest absolute Gasteiger partial charge is 0.341 e. The molecule has 2 aromatic rings. The number of hydrogen-bond donors (Lipinski definition) is 2. The van der Waals surface area contributed by atoms with Crippen molar-refractivity contribution in [1.82, 2.24) is 9.88 Å². The Labute approximate surface area is 136 Å². The third-order valence-electron chi connectivity index (χ3n) is 3.85. The van der Waals surface area contributed by atoms with Crippen LogP contribution in [0.2, 0.25) is 0 Å². The van der Waals surface area contributed by atoms with Gasteiger partial charge in [-0.05, 0) is 36.3 Å². The molecule has 2 heterocycles. The second kappa shape index (κ2) is 6.16. The summed E-state index contributed by atoms with van der Waals surface area (Å²) in [5.41, 5.74) is 2.16. The normalized spacial score (nSPS) is 16.0. The highest BCUT2D eigenvalue weighted by molar-refractivity contribution is 8.27. The molecule has 1 aliphatic heterocycles. The fourth-order valence-corrected chi connectivity index (χ4v) is 3.80. The smallest absolute Gasteiger partial charge is 0.254 e. The first-order valence-corrected chi connectivity index (χ1v) is 8.84. The molecule has 0 unspecified atom stereocenters. The van der Waals surface area contributed by atoms with Gasteiger partial charge in [0.2, 0.25) is 0 Å². The Balaban J connectivity index is 1.76. The van der Waals surface area contributed by atoms with E-state index in [1.54, 1.807) is 48.6 Å². The molecule has 0 atom stereocenters. The number of amides is 1. The topological polar surface area (TPSA) is 73.7 Å². The molecule has 0 bridgehead atoms. The standard InChI is InChI=1S/C17H18N2O3S/c1-19(10-7-13-4-3-9-18-12-13)17(20)15-5-2-6-16-14(15)8-11-23(16,21)22/h2-6,8-9,11-12,21-22H,7,10H2,1H3.